The van der Waals surface area contributed by atoms with Crippen LogP contribution in [-0.4, -0.2) is 29.5 Å². The molecule has 0 bridgehead atoms. The molecule has 0 saturated heterocycles. The molecule has 0 aliphatic carbocycles. The third-order valence-electron chi connectivity index (χ3n) is 4.16. The van der Waals surface area contributed by atoms with Gasteiger partial charge in [0, 0.05) is 24.3 Å². The maximum Gasteiger partial charge on any atom is 0.271 e. The van der Waals surface area contributed by atoms with Crippen molar-refractivity contribution in [2.45, 2.75) is 13.5 Å². The molecule has 0 spiro atoms. The Hall–Kier alpha value is -3.41. The van der Waals surface area contributed by atoms with E-state index in [9.17, 15) is 4.79 Å². The van der Waals surface area contributed by atoms with Gasteiger partial charge in [-0.05, 0) is 25.1 Å². The molecule has 0 radical (unpaired) electrons. The molecule has 0 aliphatic heterocycles. The lowest BCUT2D eigenvalue weighted by molar-refractivity contribution is 0.0945. The van der Waals surface area contributed by atoms with Crippen LogP contribution in [0, 0.1) is 0 Å². The van der Waals surface area contributed by atoms with E-state index in [4.69, 9.17) is 4.74 Å². The van der Waals surface area contributed by atoms with E-state index in [-0.39, 0.29) is 11.6 Å². The van der Waals surface area contributed by atoms with Crippen molar-refractivity contribution in [1.29, 1.82) is 0 Å². The molecule has 3 aromatic rings. The molecule has 2 aromatic carbocycles. The van der Waals surface area contributed by atoms with Crippen LogP contribution < -0.4 is 15.0 Å². The number of hydrogen-bond donors (Lipinski definition) is 1. The number of amides is 1. The zero-order chi connectivity index (χ0) is 19.1. The molecule has 3 rings (SSSR count). The number of carbonyl (C=O) groups excluding carboxylic acids is 1. The fourth-order valence-electron chi connectivity index (χ4n) is 2.78. The number of anilines is 2. The predicted octanol–water partition coefficient (Wildman–Crippen LogP) is 3.57. The quantitative estimate of drug-likeness (QED) is 0.696. The second-order valence-electron chi connectivity index (χ2n) is 5.83. The fraction of sp³-hybridized carbons (Fsp3) is 0.190. The Morgan fingerprint density at radius 1 is 1.04 bits per heavy atom. The number of nitrogens with zero attached hydrogens (tertiary/aromatic N) is 3. The van der Waals surface area contributed by atoms with Crippen LogP contribution in [-0.2, 0) is 6.54 Å². The number of hydrogen-bond acceptors (Lipinski definition) is 5. The summed E-state index contributed by atoms with van der Waals surface area (Å²) in [4.78, 5) is 23.1. The van der Waals surface area contributed by atoms with E-state index in [1.807, 2.05) is 66.4 Å². The highest BCUT2D eigenvalue weighted by Crippen LogP contribution is 2.22. The topological polar surface area (TPSA) is 67.4 Å². The van der Waals surface area contributed by atoms with Crippen molar-refractivity contribution < 1.29 is 9.53 Å². The molecule has 0 saturated carbocycles. The Labute approximate surface area is 158 Å². The van der Waals surface area contributed by atoms with Crippen molar-refractivity contribution in [2.24, 2.45) is 0 Å². The first kappa shape index (κ1) is 18.4. The summed E-state index contributed by atoms with van der Waals surface area (Å²) >= 11 is 0. The molecule has 1 aromatic heterocycles. The van der Waals surface area contributed by atoms with Crippen LogP contribution in [0.25, 0.3) is 0 Å². The van der Waals surface area contributed by atoms with Crippen LogP contribution in [0.5, 0.6) is 5.75 Å². The lowest BCUT2D eigenvalue weighted by Gasteiger charge is -2.21. The fourth-order valence-corrected chi connectivity index (χ4v) is 2.78. The van der Waals surface area contributed by atoms with Crippen molar-refractivity contribution in [1.82, 2.24) is 15.3 Å². The van der Waals surface area contributed by atoms with Crippen LogP contribution in [0.4, 0.5) is 11.5 Å². The van der Waals surface area contributed by atoms with E-state index < -0.39 is 0 Å². The molecule has 1 amide bonds. The molecular formula is C21H22N4O2. The summed E-state index contributed by atoms with van der Waals surface area (Å²) in [6.45, 7) is 3.15. The molecule has 6 heteroatoms. The number of rotatable bonds is 7. The Morgan fingerprint density at radius 2 is 1.78 bits per heavy atom. The Bertz CT molecular complexity index is 882. The summed E-state index contributed by atoms with van der Waals surface area (Å²) in [7, 11) is 1.61. The summed E-state index contributed by atoms with van der Waals surface area (Å²) in [5.41, 5.74) is 2.21. The molecule has 0 aliphatic rings. The zero-order valence-corrected chi connectivity index (χ0v) is 15.4. The van der Waals surface area contributed by atoms with Gasteiger partial charge in [-0.2, -0.15) is 0 Å². The Balaban J connectivity index is 1.68. The van der Waals surface area contributed by atoms with Gasteiger partial charge in [-0.3, -0.25) is 4.79 Å². The highest BCUT2D eigenvalue weighted by Gasteiger charge is 2.12. The van der Waals surface area contributed by atoms with Gasteiger partial charge in [0.2, 0.25) is 0 Å². The van der Waals surface area contributed by atoms with Crippen LogP contribution in [0.2, 0.25) is 0 Å². The second kappa shape index (κ2) is 8.80. The minimum atomic E-state index is -0.275. The average Bonchev–Trinajstić information content (AvgIpc) is 2.74. The number of methoxy groups -OCH3 is 1. The second-order valence-corrected chi connectivity index (χ2v) is 5.83. The third kappa shape index (κ3) is 4.41. The number of nitrogens with one attached hydrogen (secondary N) is 1. The average molecular weight is 362 g/mol. The van der Waals surface area contributed by atoms with Gasteiger partial charge >= 0.3 is 0 Å². The largest absolute Gasteiger partial charge is 0.496 e. The van der Waals surface area contributed by atoms with Gasteiger partial charge in [-0.15, -0.1) is 0 Å². The number of para-hydroxylation sites is 2. The van der Waals surface area contributed by atoms with Crippen molar-refractivity contribution in [2.75, 3.05) is 18.6 Å². The summed E-state index contributed by atoms with van der Waals surface area (Å²) in [6, 6.07) is 17.5. The zero-order valence-electron chi connectivity index (χ0n) is 15.4. The number of ether oxygens (including phenoxy) is 1. The summed E-state index contributed by atoms with van der Waals surface area (Å²) in [5, 5.41) is 2.85. The van der Waals surface area contributed by atoms with E-state index in [2.05, 4.69) is 15.3 Å². The maximum absolute atomic E-state index is 12.4. The molecule has 1 heterocycles. The van der Waals surface area contributed by atoms with E-state index in [1.165, 1.54) is 6.20 Å². The van der Waals surface area contributed by atoms with Gasteiger partial charge in [0.1, 0.15) is 11.4 Å². The smallest absolute Gasteiger partial charge is 0.271 e. The van der Waals surface area contributed by atoms with E-state index in [0.29, 0.717) is 12.4 Å². The van der Waals surface area contributed by atoms with Crippen molar-refractivity contribution in [3.05, 3.63) is 78.2 Å². The lowest BCUT2D eigenvalue weighted by Crippen LogP contribution is -2.25. The van der Waals surface area contributed by atoms with Crippen LogP contribution in [0.15, 0.2) is 67.0 Å². The van der Waals surface area contributed by atoms with Crippen molar-refractivity contribution >= 4 is 17.4 Å². The van der Waals surface area contributed by atoms with Crippen molar-refractivity contribution in [3.8, 4) is 5.75 Å². The van der Waals surface area contributed by atoms with Gasteiger partial charge in [0.25, 0.3) is 5.91 Å². The van der Waals surface area contributed by atoms with E-state index in [0.717, 1.165) is 23.5 Å². The van der Waals surface area contributed by atoms with Crippen molar-refractivity contribution in [3.63, 3.8) is 0 Å². The van der Waals surface area contributed by atoms with Crippen LogP contribution in [0.3, 0.4) is 0 Å². The first-order valence-electron chi connectivity index (χ1n) is 8.77. The van der Waals surface area contributed by atoms with Gasteiger partial charge in [0.05, 0.1) is 19.5 Å². The summed E-state index contributed by atoms with van der Waals surface area (Å²) in [5.74, 6) is 1.16. The molecular weight excluding hydrogens is 340 g/mol. The molecule has 0 atom stereocenters. The van der Waals surface area contributed by atoms with Gasteiger partial charge < -0.3 is 15.0 Å². The lowest BCUT2D eigenvalue weighted by atomic mass is 10.2. The van der Waals surface area contributed by atoms with Gasteiger partial charge in [-0.25, -0.2) is 9.97 Å². The molecule has 27 heavy (non-hydrogen) atoms. The third-order valence-corrected chi connectivity index (χ3v) is 4.16. The predicted molar refractivity (Wildman–Crippen MR) is 105 cm³/mol. The number of benzene rings is 2. The standard InChI is InChI=1S/C21H22N4O2/c1-3-25(17-10-5-4-6-11-17)20-15-22-18(14-23-20)21(26)24-13-16-9-7-8-12-19(16)27-2/h4-12,14-15H,3,13H2,1-2H3,(H,24,26). The van der Waals surface area contributed by atoms with Crippen LogP contribution >= 0.6 is 0 Å². The van der Waals surface area contributed by atoms with Crippen LogP contribution in [0.1, 0.15) is 23.0 Å². The maximum atomic E-state index is 12.4. The normalized spacial score (nSPS) is 10.3. The number of carbonyl (C=O) groups is 1. The molecule has 0 fully saturated rings. The summed E-state index contributed by atoms with van der Waals surface area (Å²) < 4.78 is 5.30. The first-order valence-corrected chi connectivity index (χ1v) is 8.77. The Kier molecular flexibility index (Phi) is 5.99. The minimum Gasteiger partial charge on any atom is -0.496 e. The van der Waals surface area contributed by atoms with E-state index in [1.54, 1.807) is 13.3 Å². The monoisotopic (exact) mass is 362 g/mol. The highest BCUT2D eigenvalue weighted by molar-refractivity contribution is 5.92. The minimum absolute atomic E-state index is 0.275. The number of aromatic nitrogens is 2. The van der Waals surface area contributed by atoms with Gasteiger partial charge in [-0.1, -0.05) is 36.4 Å². The molecule has 138 valence electrons. The Morgan fingerprint density at radius 3 is 2.44 bits per heavy atom. The highest BCUT2D eigenvalue weighted by atomic mass is 16.5. The molecule has 0 unspecified atom stereocenters. The molecule has 6 nitrogen and oxygen atoms in total. The summed E-state index contributed by atoms with van der Waals surface area (Å²) in [6.07, 6.45) is 3.12. The van der Waals surface area contributed by atoms with Gasteiger partial charge in [0.15, 0.2) is 5.82 Å². The van der Waals surface area contributed by atoms with E-state index >= 15 is 0 Å². The molecule has 1 N–H and O–H groups in total. The SMILES string of the molecule is CCN(c1ccccc1)c1cnc(C(=O)NCc2ccccc2OC)cn1. The first-order chi connectivity index (χ1) is 13.2.